The number of rotatable bonds is 13. The van der Waals surface area contributed by atoms with E-state index in [1.807, 2.05) is 12.2 Å². The second-order valence-electron chi connectivity index (χ2n) is 5.73. The third kappa shape index (κ3) is 7.16. The molecule has 0 aliphatic rings. The van der Waals surface area contributed by atoms with Crippen molar-refractivity contribution >= 4 is 11.9 Å². The Morgan fingerprint density at radius 2 is 1.62 bits per heavy atom. The van der Waals surface area contributed by atoms with Gasteiger partial charge in [0.25, 0.3) is 0 Å². The Bertz CT molecular complexity index is 431. The van der Waals surface area contributed by atoms with Crippen LogP contribution in [-0.2, 0) is 19.1 Å². The van der Waals surface area contributed by atoms with Crippen molar-refractivity contribution in [3.8, 4) is 0 Å². The zero-order valence-electron chi connectivity index (χ0n) is 15.4. The Morgan fingerprint density at radius 3 is 2.08 bits per heavy atom. The number of hydrogen-bond donors (Lipinski definition) is 0. The van der Waals surface area contributed by atoms with Crippen molar-refractivity contribution in [3.63, 3.8) is 0 Å². The maximum atomic E-state index is 12.6. The van der Waals surface area contributed by atoms with E-state index in [0.29, 0.717) is 12.8 Å². The quantitative estimate of drug-likeness (QED) is 0.160. The van der Waals surface area contributed by atoms with Crippen LogP contribution in [0.1, 0.15) is 59.3 Å². The molecule has 136 valence electrons. The molecule has 0 unspecified atom stereocenters. The minimum absolute atomic E-state index is 0.196. The van der Waals surface area contributed by atoms with Crippen molar-refractivity contribution in [1.82, 2.24) is 0 Å². The van der Waals surface area contributed by atoms with Crippen LogP contribution in [0.2, 0.25) is 0 Å². The average Bonchev–Trinajstić information content (AvgIpc) is 2.55. The molecule has 0 saturated carbocycles. The molecule has 0 aromatic carbocycles. The molecular weight excluding hydrogens is 304 g/mol. The van der Waals surface area contributed by atoms with Gasteiger partial charge in [-0.1, -0.05) is 50.1 Å². The number of carbonyl (C=O) groups excluding carboxylic acids is 2. The van der Waals surface area contributed by atoms with Gasteiger partial charge < -0.3 is 9.47 Å². The van der Waals surface area contributed by atoms with Gasteiger partial charge in [-0.2, -0.15) is 0 Å². The lowest BCUT2D eigenvalue weighted by Crippen LogP contribution is -2.42. The van der Waals surface area contributed by atoms with Gasteiger partial charge in [0.15, 0.2) is 5.41 Å². The van der Waals surface area contributed by atoms with E-state index >= 15 is 0 Å². The molecule has 0 heterocycles. The molecule has 24 heavy (non-hydrogen) atoms. The molecule has 0 fully saturated rings. The fraction of sp³-hybridized carbons (Fsp3) is 0.600. The summed E-state index contributed by atoms with van der Waals surface area (Å²) in [6.45, 7) is 13.7. The van der Waals surface area contributed by atoms with Crippen LogP contribution in [0, 0.1) is 5.41 Å². The van der Waals surface area contributed by atoms with Crippen LogP contribution in [0.5, 0.6) is 0 Å². The maximum Gasteiger partial charge on any atom is 0.323 e. The highest BCUT2D eigenvalue weighted by molar-refractivity contribution is 6.00. The number of hydrogen-bond acceptors (Lipinski definition) is 4. The topological polar surface area (TPSA) is 52.6 Å². The molecule has 0 rings (SSSR count). The van der Waals surface area contributed by atoms with E-state index in [0.717, 1.165) is 24.8 Å². The summed E-state index contributed by atoms with van der Waals surface area (Å²) in [6.07, 6.45) is 9.78. The Kier molecular flexibility index (Phi) is 11.6. The number of carbonyl (C=O) groups is 2. The summed E-state index contributed by atoms with van der Waals surface area (Å²) < 4.78 is 10.4. The second kappa shape index (κ2) is 12.6. The summed E-state index contributed by atoms with van der Waals surface area (Å²) in [7, 11) is 0. The van der Waals surface area contributed by atoms with Crippen molar-refractivity contribution < 1.29 is 19.1 Å². The van der Waals surface area contributed by atoms with Crippen LogP contribution in [0.3, 0.4) is 0 Å². The van der Waals surface area contributed by atoms with Crippen LogP contribution >= 0.6 is 0 Å². The first-order valence-electron chi connectivity index (χ1n) is 8.78. The van der Waals surface area contributed by atoms with Crippen LogP contribution in [-0.4, -0.2) is 25.2 Å². The summed E-state index contributed by atoms with van der Waals surface area (Å²) in [4.78, 5) is 25.2. The predicted octanol–water partition coefficient (Wildman–Crippen LogP) is 4.76. The summed E-state index contributed by atoms with van der Waals surface area (Å²) in [5, 5.41) is 0. The van der Waals surface area contributed by atoms with Crippen LogP contribution in [0.25, 0.3) is 0 Å². The molecule has 0 amide bonds. The molecule has 0 bridgehead atoms. The molecule has 0 aliphatic carbocycles. The summed E-state index contributed by atoms with van der Waals surface area (Å²) in [5.74, 6) is -1.10. The minimum atomic E-state index is -1.35. The minimum Gasteiger partial charge on any atom is -0.465 e. The van der Waals surface area contributed by atoms with Crippen LogP contribution < -0.4 is 0 Å². The van der Waals surface area contributed by atoms with Gasteiger partial charge in [-0.05, 0) is 39.5 Å². The molecule has 0 N–H and O–H groups in total. The van der Waals surface area contributed by atoms with Crippen molar-refractivity contribution in [3.05, 3.63) is 37.0 Å². The van der Waals surface area contributed by atoms with Gasteiger partial charge in [0.1, 0.15) is 0 Å². The van der Waals surface area contributed by atoms with E-state index in [1.54, 1.807) is 19.9 Å². The zero-order chi connectivity index (χ0) is 18.4. The smallest absolute Gasteiger partial charge is 0.323 e. The molecule has 0 aliphatic heterocycles. The van der Waals surface area contributed by atoms with Gasteiger partial charge in [-0.15, -0.1) is 6.58 Å². The molecule has 0 saturated heterocycles. The van der Waals surface area contributed by atoms with E-state index in [2.05, 4.69) is 20.1 Å². The number of allylic oxidation sites excluding steroid dienone is 4. The molecule has 0 aromatic rings. The van der Waals surface area contributed by atoms with Crippen molar-refractivity contribution in [2.75, 3.05) is 13.2 Å². The summed E-state index contributed by atoms with van der Waals surface area (Å²) in [5.41, 5.74) is -0.636. The van der Waals surface area contributed by atoms with Crippen molar-refractivity contribution in [2.24, 2.45) is 5.41 Å². The number of unbranched alkanes of at least 4 members (excludes halogenated alkanes) is 2. The lowest BCUT2D eigenvalue weighted by atomic mass is 9.77. The Balaban J connectivity index is 5.41. The molecule has 0 radical (unpaired) electrons. The van der Waals surface area contributed by atoms with E-state index in [9.17, 15) is 9.59 Å². The van der Waals surface area contributed by atoms with Gasteiger partial charge in [0, 0.05) is 0 Å². The summed E-state index contributed by atoms with van der Waals surface area (Å²) >= 11 is 0. The van der Waals surface area contributed by atoms with Gasteiger partial charge in [-0.25, -0.2) is 0 Å². The Hall–Kier alpha value is -1.84. The molecule has 4 heteroatoms. The second-order valence-corrected chi connectivity index (χ2v) is 5.73. The molecule has 0 spiro atoms. The SMILES string of the molecule is C=CCCC(CC(=C)/C=C/CCCC)(C(=O)OCC)C(=O)OCC. The van der Waals surface area contributed by atoms with Crippen LogP contribution in [0.4, 0.5) is 0 Å². The average molecular weight is 336 g/mol. The maximum absolute atomic E-state index is 12.6. The first-order valence-corrected chi connectivity index (χ1v) is 8.78. The highest BCUT2D eigenvalue weighted by Gasteiger charge is 2.48. The Morgan fingerprint density at radius 1 is 1.04 bits per heavy atom. The molecule has 0 atom stereocenters. The molecule has 4 nitrogen and oxygen atoms in total. The largest absolute Gasteiger partial charge is 0.465 e. The normalized spacial score (nSPS) is 11.3. The zero-order valence-corrected chi connectivity index (χ0v) is 15.4. The van der Waals surface area contributed by atoms with Crippen molar-refractivity contribution in [1.29, 1.82) is 0 Å². The monoisotopic (exact) mass is 336 g/mol. The van der Waals surface area contributed by atoms with Gasteiger partial charge in [-0.3, -0.25) is 9.59 Å². The first-order chi connectivity index (χ1) is 11.5. The lowest BCUT2D eigenvalue weighted by Gasteiger charge is -2.29. The Labute approximate surface area is 146 Å². The predicted molar refractivity (Wildman–Crippen MR) is 97.6 cm³/mol. The molecule has 0 aromatic heterocycles. The van der Waals surface area contributed by atoms with E-state index < -0.39 is 17.4 Å². The third-order valence-corrected chi connectivity index (χ3v) is 3.71. The third-order valence-electron chi connectivity index (χ3n) is 3.71. The fourth-order valence-corrected chi connectivity index (χ4v) is 2.43. The van der Waals surface area contributed by atoms with Gasteiger partial charge >= 0.3 is 11.9 Å². The van der Waals surface area contributed by atoms with Gasteiger partial charge in [0.2, 0.25) is 0 Å². The highest BCUT2D eigenvalue weighted by Crippen LogP contribution is 2.35. The molecular formula is C20H32O4. The van der Waals surface area contributed by atoms with E-state index in [1.165, 1.54) is 0 Å². The van der Waals surface area contributed by atoms with E-state index in [-0.39, 0.29) is 19.6 Å². The summed E-state index contributed by atoms with van der Waals surface area (Å²) in [6, 6.07) is 0. The highest BCUT2D eigenvalue weighted by atomic mass is 16.6. The number of ether oxygens (including phenoxy) is 2. The van der Waals surface area contributed by atoms with Crippen LogP contribution in [0.15, 0.2) is 37.0 Å². The van der Waals surface area contributed by atoms with Crippen molar-refractivity contribution in [2.45, 2.75) is 59.3 Å². The first kappa shape index (κ1) is 22.2. The standard InChI is InChI=1S/C20H32O4/c1-6-10-12-13-14-17(5)16-20(15-11-7-2,18(21)23-8-3)19(22)24-9-4/h7,13-14H,2,5-6,8-12,15-16H2,1,3-4H3/b14-13+. The van der Waals surface area contributed by atoms with Gasteiger partial charge in [0.05, 0.1) is 13.2 Å². The fourth-order valence-electron chi connectivity index (χ4n) is 2.43. The number of esters is 2. The lowest BCUT2D eigenvalue weighted by molar-refractivity contribution is -0.172. The van der Waals surface area contributed by atoms with E-state index in [4.69, 9.17) is 9.47 Å².